The quantitative estimate of drug-likeness (QED) is 0.398. The van der Waals surface area contributed by atoms with Gasteiger partial charge in [0.25, 0.3) is 5.91 Å². The summed E-state index contributed by atoms with van der Waals surface area (Å²) in [5.41, 5.74) is -1.94. The highest BCUT2D eigenvalue weighted by atomic mass is 35.5. The normalized spacial score (nSPS) is 26.1. The first-order valence-corrected chi connectivity index (χ1v) is 13.6. The van der Waals surface area contributed by atoms with Crippen LogP contribution in [0.3, 0.4) is 0 Å². The van der Waals surface area contributed by atoms with Crippen molar-refractivity contribution in [3.05, 3.63) is 45.5 Å². The molecule has 1 amide bonds. The van der Waals surface area contributed by atoms with Crippen molar-refractivity contribution in [2.45, 2.75) is 83.5 Å². The summed E-state index contributed by atoms with van der Waals surface area (Å²) < 4.78 is 44.1. The number of alkyl halides is 3. The van der Waals surface area contributed by atoms with Gasteiger partial charge in [0.2, 0.25) is 0 Å². The van der Waals surface area contributed by atoms with E-state index in [-0.39, 0.29) is 37.6 Å². The zero-order chi connectivity index (χ0) is 27.8. The summed E-state index contributed by atoms with van der Waals surface area (Å²) in [7, 11) is 0. The summed E-state index contributed by atoms with van der Waals surface area (Å²) in [4.78, 5) is 30.8. The molecule has 7 nitrogen and oxygen atoms in total. The fraction of sp³-hybridized carbons (Fsp3) is 0.615. The van der Waals surface area contributed by atoms with Crippen molar-refractivity contribution in [1.82, 2.24) is 19.7 Å². The molecule has 2 aromatic heterocycles. The van der Waals surface area contributed by atoms with E-state index in [2.05, 4.69) is 10.1 Å². The molecule has 1 saturated carbocycles. The number of amides is 1. The highest BCUT2D eigenvalue weighted by Crippen LogP contribution is 2.44. The van der Waals surface area contributed by atoms with E-state index in [4.69, 9.17) is 23.2 Å². The molecule has 0 aromatic carbocycles. The third-order valence-corrected chi connectivity index (χ3v) is 8.72. The monoisotopic (exact) mass is 574 g/mol. The molecule has 0 radical (unpaired) electrons. The van der Waals surface area contributed by atoms with E-state index in [0.29, 0.717) is 35.0 Å². The van der Waals surface area contributed by atoms with Gasteiger partial charge in [0.1, 0.15) is 0 Å². The Morgan fingerprint density at radius 2 is 1.79 bits per heavy atom. The van der Waals surface area contributed by atoms with Gasteiger partial charge in [0.15, 0.2) is 5.69 Å². The Hall–Kier alpha value is -2.33. The average molecular weight is 575 g/mol. The van der Waals surface area contributed by atoms with E-state index in [1.807, 2.05) is 6.92 Å². The van der Waals surface area contributed by atoms with Gasteiger partial charge in [-0.05, 0) is 63.4 Å². The van der Waals surface area contributed by atoms with Gasteiger partial charge < -0.3 is 10.0 Å². The maximum absolute atomic E-state index is 14.4. The smallest absolute Gasteiger partial charge is 0.433 e. The highest BCUT2D eigenvalue weighted by Gasteiger charge is 2.46. The third kappa shape index (κ3) is 5.66. The minimum absolute atomic E-state index is 0.143. The Bertz CT molecular complexity index is 1170. The van der Waals surface area contributed by atoms with Crippen LogP contribution in [0.25, 0.3) is 0 Å². The number of pyridine rings is 1. The zero-order valence-electron chi connectivity index (χ0n) is 21.3. The lowest BCUT2D eigenvalue weighted by atomic mass is 9.74. The molecule has 4 rings (SSSR count). The van der Waals surface area contributed by atoms with Crippen LogP contribution in [0, 0.1) is 11.3 Å². The van der Waals surface area contributed by atoms with Crippen LogP contribution in [-0.2, 0) is 17.4 Å². The second kappa shape index (κ2) is 11.0. The number of likely N-dealkylation sites (tertiary alicyclic amines) is 1. The molecule has 2 atom stereocenters. The van der Waals surface area contributed by atoms with Gasteiger partial charge in [0, 0.05) is 25.0 Å². The van der Waals surface area contributed by atoms with Gasteiger partial charge in [0.05, 0.1) is 33.3 Å². The van der Waals surface area contributed by atoms with Crippen molar-refractivity contribution >= 4 is 35.1 Å². The van der Waals surface area contributed by atoms with Crippen molar-refractivity contribution in [3.8, 4) is 0 Å². The van der Waals surface area contributed by atoms with Gasteiger partial charge in [-0.3, -0.25) is 19.3 Å². The molecule has 3 heterocycles. The number of rotatable bonds is 7. The number of carbonyl (C=O) groups excluding carboxylic acids is 1. The van der Waals surface area contributed by atoms with E-state index in [1.54, 1.807) is 6.92 Å². The minimum Gasteiger partial charge on any atom is -0.481 e. The SMILES string of the molecule is CCC[C@@H]1C[C@H](Cc2c(Cl)cncc2Cl)N(C(=O)c2cnn(C3CCC(C)(C(=O)O)CC3)c2C(F)(F)F)C1. The van der Waals surface area contributed by atoms with Crippen molar-refractivity contribution < 1.29 is 27.9 Å². The number of aliphatic carboxylic acids is 1. The van der Waals surface area contributed by atoms with E-state index >= 15 is 0 Å². The second-order valence-electron chi connectivity index (χ2n) is 10.7. The van der Waals surface area contributed by atoms with Crippen LogP contribution < -0.4 is 0 Å². The van der Waals surface area contributed by atoms with Crippen LogP contribution in [0.5, 0.6) is 0 Å². The molecule has 0 bridgehead atoms. The Labute approximate surface area is 229 Å². The highest BCUT2D eigenvalue weighted by molar-refractivity contribution is 6.35. The summed E-state index contributed by atoms with van der Waals surface area (Å²) in [5.74, 6) is -1.54. The Morgan fingerprint density at radius 1 is 1.16 bits per heavy atom. The molecule has 12 heteroatoms. The van der Waals surface area contributed by atoms with Gasteiger partial charge in [-0.25, -0.2) is 0 Å². The molecule has 2 fully saturated rings. The van der Waals surface area contributed by atoms with Gasteiger partial charge in [-0.2, -0.15) is 18.3 Å². The Morgan fingerprint density at radius 3 is 2.34 bits per heavy atom. The predicted molar refractivity (Wildman–Crippen MR) is 136 cm³/mol. The zero-order valence-corrected chi connectivity index (χ0v) is 22.8. The first-order valence-electron chi connectivity index (χ1n) is 12.8. The lowest BCUT2D eigenvalue weighted by Crippen LogP contribution is -2.38. The second-order valence-corrected chi connectivity index (χ2v) is 11.5. The molecule has 2 aliphatic rings. The number of hydrogen-bond acceptors (Lipinski definition) is 4. The number of carbonyl (C=O) groups is 2. The van der Waals surface area contributed by atoms with E-state index in [9.17, 15) is 27.9 Å². The molecular formula is C26H31Cl2F3N4O3. The molecule has 38 heavy (non-hydrogen) atoms. The number of carboxylic acids is 1. The van der Waals surface area contributed by atoms with Gasteiger partial charge in [-0.1, -0.05) is 36.5 Å². The molecule has 2 aromatic rings. The van der Waals surface area contributed by atoms with Crippen molar-refractivity contribution in [1.29, 1.82) is 0 Å². The van der Waals surface area contributed by atoms with Crippen LogP contribution in [0.2, 0.25) is 10.0 Å². The van der Waals surface area contributed by atoms with Crippen LogP contribution in [0.4, 0.5) is 13.2 Å². The summed E-state index contributed by atoms with van der Waals surface area (Å²) in [6.07, 6.45) is 2.68. The number of halogens is 5. The summed E-state index contributed by atoms with van der Waals surface area (Å²) >= 11 is 12.6. The maximum atomic E-state index is 14.4. The fourth-order valence-electron chi connectivity index (χ4n) is 5.87. The average Bonchev–Trinajstić information content (AvgIpc) is 3.46. The molecule has 1 aliphatic carbocycles. The predicted octanol–water partition coefficient (Wildman–Crippen LogP) is 6.68. The summed E-state index contributed by atoms with van der Waals surface area (Å²) in [6.45, 7) is 3.97. The first-order chi connectivity index (χ1) is 17.9. The van der Waals surface area contributed by atoms with Crippen LogP contribution in [-0.4, -0.2) is 49.2 Å². The van der Waals surface area contributed by atoms with Crippen LogP contribution in [0.15, 0.2) is 18.6 Å². The van der Waals surface area contributed by atoms with Gasteiger partial charge >= 0.3 is 12.1 Å². The number of nitrogens with zero attached hydrogens (tertiary/aromatic N) is 4. The number of carboxylic acid groups (broad SMARTS) is 1. The number of hydrogen-bond donors (Lipinski definition) is 1. The fourth-order valence-corrected chi connectivity index (χ4v) is 6.39. The van der Waals surface area contributed by atoms with E-state index in [0.717, 1.165) is 23.7 Å². The number of aromatic nitrogens is 3. The first kappa shape index (κ1) is 28.7. The standard InChI is InChI=1S/C26H31Cl2F3N4O3/c1-3-4-15-9-17(10-18-20(27)12-32-13-21(18)28)34(14-15)23(36)19-11-33-35(22(19)26(29,30)31)16-5-7-25(2,8-6-16)24(37)38/h11-13,15-17H,3-10,14H2,1-2H3,(H,37,38)/t15-,16?,17-,25?/m1/s1. The maximum Gasteiger partial charge on any atom is 0.433 e. The Balaban J connectivity index is 1.65. The lowest BCUT2D eigenvalue weighted by molar-refractivity contribution is -0.152. The minimum atomic E-state index is -4.81. The largest absolute Gasteiger partial charge is 0.481 e. The summed E-state index contributed by atoms with van der Waals surface area (Å²) in [5, 5.41) is 14.2. The summed E-state index contributed by atoms with van der Waals surface area (Å²) in [6, 6.07) is -1.02. The van der Waals surface area contributed by atoms with Crippen LogP contribution in [0.1, 0.15) is 86.5 Å². The molecule has 1 saturated heterocycles. The van der Waals surface area contributed by atoms with Crippen LogP contribution >= 0.6 is 23.2 Å². The molecule has 208 valence electrons. The van der Waals surface area contributed by atoms with E-state index < -0.39 is 40.8 Å². The van der Waals surface area contributed by atoms with Gasteiger partial charge in [-0.15, -0.1) is 0 Å². The molecular weight excluding hydrogens is 544 g/mol. The Kier molecular flexibility index (Phi) is 8.33. The molecule has 0 spiro atoms. The third-order valence-electron chi connectivity index (χ3n) is 8.07. The van der Waals surface area contributed by atoms with E-state index in [1.165, 1.54) is 17.3 Å². The van der Waals surface area contributed by atoms with Crippen molar-refractivity contribution in [3.63, 3.8) is 0 Å². The molecule has 1 aliphatic heterocycles. The van der Waals surface area contributed by atoms with Crippen molar-refractivity contribution in [2.75, 3.05) is 6.54 Å². The van der Waals surface area contributed by atoms with Crippen molar-refractivity contribution in [2.24, 2.45) is 11.3 Å². The lowest BCUT2D eigenvalue weighted by Gasteiger charge is -2.34. The molecule has 1 N–H and O–H groups in total. The molecule has 0 unspecified atom stereocenters. The topological polar surface area (TPSA) is 88.3 Å².